The highest BCUT2D eigenvalue weighted by molar-refractivity contribution is 5.22. The van der Waals surface area contributed by atoms with Crippen LogP contribution in [0, 0.1) is 7.14 Å². The average molecular weight is 379 g/mol. The predicted molar refractivity (Wildman–Crippen MR) is 83.0 cm³/mol. The fourth-order valence-electron chi connectivity index (χ4n) is 2.14. The first-order chi connectivity index (χ1) is 9.49. The second-order valence-corrected chi connectivity index (χ2v) is 9.26. The van der Waals surface area contributed by atoms with Crippen molar-refractivity contribution < 1.29 is 21.2 Å². The van der Waals surface area contributed by atoms with Crippen LogP contribution < -0.4 is 21.2 Å². The summed E-state index contributed by atoms with van der Waals surface area (Å²) in [6, 6.07) is 18.4. The first-order valence-corrected chi connectivity index (χ1v) is 9.49. The second kappa shape index (κ2) is 6.75. The van der Waals surface area contributed by atoms with Crippen LogP contribution in [0.25, 0.3) is 0 Å². The zero-order valence-corrected chi connectivity index (χ0v) is 15.1. The molecule has 0 aliphatic carbocycles. The average Bonchev–Trinajstić information content (AvgIpc) is 2.41. The maximum absolute atomic E-state index is 2.32. The minimum Gasteiger partial charge on any atom is -0.0651 e. The van der Waals surface area contributed by atoms with E-state index in [4.69, 9.17) is 0 Å². The molecule has 2 rings (SSSR count). The van der Waals surface area contributed by atoms with E-state index in [1.54, 1.807) is 0 Å². The van der Waals surface area contributed by atoms with Crippen molar-refractivity contribution in [2.24, 2.45) is 0 Å². The van der Waals surface area contributed by atoms with E-state index in [0.29, 0.717) is 0 Å². The van der Waals surface area contributed by atoms with Gasteiger partial charge in [-0.25, -0.2) is 0 Å². The van der Waals surface area contributed by atoms with Crippen molar-refractivity contribution in [3.8, 4) is 0 Å². The molecule has 0 nitrogen and oxygen atoms in total. The van der Waals surface area contributed by atoms with Crippen LogP contribution in [-0.4, -0.2) is 0 Å². The fraction of sp³-hybridized carbons (Fsp3) is 0.368. The van der Waals surface area contributed by atoms with Crippen molar-refractivity contribution in [2.45, 2.75) is 46.0 Å². The van der Waals surface area contributed by atoms with Gasteiger partial charge in [0.1, 0.15) is 0 Å². The minimum absolute atomic E-state index is 0.0434. The van der Waals surface area contributed by atoms with E-state index in [2.05, 4.69) is 76.2 Å². The molecule has 0 amide bonds. The Bertz CT molecular complexity index is 529. The molecule has 0 aromatic heterocycles. The molecule has 106 valence electrons. The van der Waals surface area contributed by atoms with Crippen molar-refractivity contribution in [3.63, 3.8) is 0 Å². The molecule has 0 radical (unpaired) electrons. The SMILES string of the molecule is CCCc1ccc([I+]c2ccc(C(C)(C)C)cc2)cc1. The molecule has 0 N–H and O–H groups in total. The van der Waals surface area contributed by atoms with E-state index >= 15 is 0 Å². The summed E-state index contributed by atoms with van der Waals surface area (Å²) in [5.74, 6) is 0. The highest BCUT2D eigenvalue weighted by Crippen LogP contribution is 2.20. The van der Waals surface area contributed by atoms with E-state index in [1.165, 1.54) is 31.1 Å². The summed E-state index contributed by atoms with van der Waals surface area (Å²) >= 11 is -0.0434. The number of rotatable bonds is 4. The van der Waals surface area contributed by atoms with Crippen LogP contribution in [0.2, 0.25) is 0 Å². The lowest BCUT2D eigenvalue weighted by Gasteiger charge is -2.18. The lowest BCUT2D eigenvalue weighted by atomic mass is 9.87. The summed E-state index contributed by atoms with van der Waals surface area (Å²) in [6.45, 7) is 9.04. The van der Waals surface area contributed by atoms with Gasteiger partial charge in [-0.15, -0.1) is 0 Å². The minimum atomic E-state index is -0.0434. The van der Waals surface area contributed by atoms with Gasteiger partial charge in [-0.1, -0.05) is 58.4 Å². The summed E-state index contributed by atoms with van der Waals surface area (Å²) < 4.78 is 3.01. The molecule has 0 spiro atoms. The van der Waals surface area contributed by atoms with E-state index in [-0.39, 0.29) is 26.6 Å². The standard InChI is InChI=1S/C19H24I/c1-5-6-15-7-11-17(12-8-15)20-18-13-9-16(10-14-18)19(2,3)4/h7-14H,5-6H2,1-4H3/q+1. The zero-order valence-electron chi connectivity index (χ0n) is 12.9. The molecule has 0 saturated carbocycles. The lowest BCUT2D eigenvalue weighted by molar-refractivity contribution is -0.597. The first-order valence-electron chi connectivity index (χ1n) is 7.33. The van der Waals surface area contributed by atoms with Crippen LogP contribution in [0.15, 0.2) is 48.5 Å². The van der Waals surface area contributed by atoms with Gasteiger partial charge in [0.2, 0.25) is 0 Å². The summed E-state index contributed by atoms with van der Waals surface area (Å²) in [5.41, 5.74) is 3.13. The monoisotopic (exact) mass is 379 g/mol. The molecule has 0 aliphatic heterocycles. The predicted octanol–water partition coefficient (Wildman–Crippen LogP) is 2.06. The highest BCUT2D eigenvalue weighted by Gasteiger charge is 2.18. The Morgan fingerprint density at radius 1 is 0.800 bits per heavy atom. The second-order valence-electron chi connectivity index (χ2n) is 6.23. The molecule has 2 aromatic carbocycles. The molecular weight excluding hydrogens is 355 g/mol. The molecule has 1 heteroatoms. The smallest absolute Gasteiger partial charge is 0.0651 e. The Morgan fingerprint density at radius 3 is 1.75 bits per heavy atom. The third-order valence-electron chi connectivity index (χ3n) is 3.38. The Balaban J connectivity index is 2.06. The normalized spacial score (nSPS) is 11.6. The quantitative estimate of drug-likeness (QED) is 0.714. The van der Waals surface area contributed by atoms with Gasteiger partial charge in [-0.05, 0) is 47.2 Å². The van der Waals surface area contributed by atoms with Crippen molar-refractivity contribution in [3.05, 3.63) is 66.8 Å². The van der Waals surface area contributed by atoms with Crippen LogP contribution in [0.3, 0.4) is 0 Å². The molecular formula is C19H24I+. The van der Waals surface area contributed by atoms with Crippen molar-refractivity contribution in [2.75, 3.05) is 0 Å². The molecule has 0 saturated heterocycles. The van der Waals surface area contributed by atoms with Crippen LogP contribution in [0.1, 0.15) is 45.2 Å². The number of halogens is 1. The third kappa shape index (κ3) is 4.34. The summed E-state index contributed by atoms with van der Waals surface area (Å²) in [6.07, 6.45) is 2.42. The van der Waals surface area contributed by atoms with Crippen LogP contribution >= 0.6 is 0 Å². The van der Waals surface area contributed by atoms with Crippen molar-refractivity contribution in [1.29, 1.82) is 0 Å². The first kappa shape index (κ1) is 15.6. The molecule has 0 fully saturated rings. The van der Waals surface area contributed by atoms with E-state index < -0.39 is 0 Å². The molecule has 0 heterocycles. The van der Waals surface area contributed by atoms with Crippen molar-refractivity contribution >= 4 is 0 Å². The zero-order chi connectivity index (χ0) is 14.6. The molecule has 0 bridgehead atoms. The van der Waals surface area contributed by atoms with Crippen LogP contribution in [-0.2, 0) is 11.8 Å². The van der Waals surface area contributed by atoms with Crippen LogP contribution in [0.5, 0.6) is 0 Å². The lowest BCUT2D eigenvalue weighted by Crippen LogP contribution is -3.61. The molecule has 20 heavy (non-hydrogen) atoms. The topological polar surface area (TPSA) is 0 Å². The highest BCUT2D eigenvalue weighted by atomic mass is 127. The van der Waals surface area contributed by atoms with E-state index in [1.807, 2.05) is 0 Å². The molecule has 0 atom stereocenters. The third-order valence-corrected chi connectivity index (χ3v) is 6.06. The number of aryl methyl sites for hydroxylation is 1. The van der Waals surface area contributed by atoms with Crippen molar-refractivity contribution in [1.82, 2.24) is 0 Å². The number of benzene rings is 2. The Kier molecular flexibility index (Phi) is 5.25. The largest absolute Gasteiger partial charge is 0.357 e. The van der Waals surface area contributed by atoms with Gasteiger partial charge in [0, 0.05) is 0 Å². The van der Waals surface area contributed by atoms with Gasteiger partial charge in [0.05, 0.1) is 0 Å². The molecule has 0 aliphatic rings. The van der Waals surface area contributed by atoms with Gasteiger partial charge in [-0.3, -0.25) is 0 Å². The Morgan fingerprint density at radius 2 is 1.30 bits per heavy atom. The number of hydrogen-bond acceptors (Lipinski definition) is 0. The van der Waals surface area contributed by atoms with Gasteiger partial charge in [0.15, 0.2) is 7.14 Å². The summed E-state index contributed by atoms with van der Waals surface area (Å²) in [5, 5.41) is 0. The van der Waals surface area contributed by atoms with Gasteiger partial charge in [0.25, 0.3) is 0 Å². The molecule has 2 aromatic rings. The van der Waals surface area contributed by atoms with Crippen LogP contribution in [0.4, 0.5) is 0 Å². The van der Waals surface area contributed by atoms with Gasteiger partial charge in [-0.2, -0.15) is 0 Å². The summed E-state index contributed by atoms with van der Waals surface area (Å²) in [7, 11) is 0. The maximum Gasteiger partial charge on any atom is 0.357 e. The molecule has 0 unspecified atom stereocenters. The van der Waals surface area contributed by atoms with E-state index in [0.717, 1.165) is 0 Å². The Hall–Kier alpha value is -0.830. The fourth-order valence-corrected chi connectivity index (χ4v) is 4.30. The van der Waals surface area contributed by atoms with E-state index in [9.17, 15) is 0 Å². The maximum atomic E-state index is 2.32. The Labute approximate surface area is 133 Å². The van der Waals surface area contributed by atoms with Gasteiger partial charge < -0.3 is 0 Å². The number of hydrogen-bond donors (Lipinski definition) is 0. The van der Waals surface area contributed by atoms with Gasteiger partial charge >= 0.3 is 21.2 Å². The summed E-state index contributed by atoms with van der Waals surface area (Å²) in [4.78, 5) is 0.